The van der Waals surface area contributed by atoms with Gasteiger partial charge < -0.3 is 14.2 Å². The van der Waals surface area contributed by atoms with Gasteiger partial charge in [0.15, 0.2) is 0 Å². The third kappa shape index (κ3) is 3.65. The molecule has 28 heavy (non-hydrogen) atoms. The molecule has 0 aliphatic carbocycles. The monoisotopic (exact) mass is 376 g/mol. The first kappa shape index (κ1) is 18.3. The molecule has 1 aromatic heterocycles. The first-order valence-electron chi connectivity index (χ1n) is 9.63. The minimum atomic E-state index is -0.0721. The lowest BCUT2D eigenvalue weighted by Gasteiger charge is -2.26. The maximum Gasteiger partial charge on any atom is 0.254 e. The first-order valence-corrected chi connectivity index (χ1v) is 9.63. The number of benzene rings is 2. The largest absolute Gasteiger partial charge is 0.459 e. The zero-order valence-corrected chi connectivity index (χ0v) is 16.2. The minimum Gasteiger partial charge on any atom is -0.459 e. The lowest BCUT2D eigenvalue weighted by Crippen LogP contribution is -2.41. The Bertz CT molecular complexity index is 988. The summed E-state index contributed by atoms with van der Waals surface area (Å²) in [5.41, 5.74) is 2.50. The van der Waals surface area contributed by atoms with Crippen molar-refractivity contribution in [3.05, 3.63) is 71.5 Å². The van der Waals surface area contributed by atoms with Gasteiger partial charge in [0.2, 0.25) is 5.91 Å². The van der Waals surface area contributed by atoms with E-state index in [0.717, 1.165) is 22.3 Å². The van der Waals surface area contributed by atoms with E-state index < -0.39 is 0 Å². The second-order valence-corrected chi connectivity index (χ2v) is 7.74. The van der Waals surface area contributed by atoms with Crippen molar-refractivity contribution in [1.29, 1.82) is 0 Å². The number of carbonyl (C=O) groups is 2. The van der Waals surface area contributed by atoms with Gasteiger partial charge in [-0.2, -0.15) is 0 Å². The van der Waals surface area contributed by atoms with E-state index >= 15 is 0 Å². The summed E-state index contributed by atoms with van der Waals surface area (Å²) in [6.45, 7) is 5.75. The van der Waals surface area contributed by atoms with Gasteiger partial charge in [0.25, 0.3) is 5.91 Å². The van der Waals surface area contributed by atoms with Gasteiger partial charge in [0.05, 0.1) is 6.54 Å². The Morgan fingerprint density at radius 3 is 2.64 bits per heavy atom. The van der Waals surface area contributed by atoms with E-state index in [1.807, 2.05) is 54.6 Å². The van der Waals surface area contributed by atoms with Crippen LogP contribution in [-0.2, 0) is 17.9 Å². The van der Waals surface area contributed by atoms with Crippen molar-refractivity contribution in [2.75, 3.05) is 13.1 Å². The highest BCUT2D eigenvalue weighted by molar-refractivity contribution is 6.00. The highest BCUT2D eigenvalue weighted by atomic mass is 16.3. The van der Waals surface area contributed by atoms with Gasteiger partial charge in [-0.25, -0.2) is 0 Å². The van der Waals surface area contributed by atoms with Gasteiger partial charge in [0, 0.05) is 24.0 Å². The average molecular weight is 376 g/mol. The summed E-state index contributed by atoms with van der Waals surface area (Å²) >= 11 is 0. The Morgan fingerprint density at radius 1 is 1.14 bits per heavy atom. The Kier molecular flexibility index (Phi) is 4.90. The quantitative estimate of drug-likeness (QED) is 0.652. The number of amides is 2. The Hall–Kier alpha value is -3.08. The summed E-state index contributed by atoms with van der Waals surface area (Å²) in [4.78, 5) is 29.0. The summed E-state index contributed by atoms with van der Waals surface area (Å²) < 4.78 is 5.90. The molecule has 5 heteroatoms. The third-order valence-corrected chi connectivity index (χ3v) is 4.98. The molecule has 2 amide bonds. The average Bonchev–Trinajstić information content (AvgIpc) is 3.22. The normalized spacial score (nSPS) is 13.4. The van der Waals surface area contributed by atoms with Crippen molar-refractivity contribution in [2.24, 2.45) is 5.92 Å². The van der Waals surface area contributed by atoms with Crippen LogP contribution in [0.4, 0.5) is 0 Å². The fourth-order valence-corrected chi connectivity index (χ4v) is 3.70. The number of furan rings is 1. The molecule has 3 aromatic rings. The van der Waals surface area contributed by atoms with Crippen LogP contribution in [0.5, 0.6) is 0 Å². The van der Waals surface area contributed by atoms with Crippen LogP contribution in [0.25, 0.3) is 11.0 Å². The molecule has 0 saturated carbocycles. The Morgan fingerprint density at radius 2 is 1.89 bits per heavy atom. The molecule has 0 N–H and O–H groups in total. The summed E-state index contributed by atoms with van der Waals surface area (Å²) in [7, 11) is 0. The van der Waals surface area contributed by atoms with Crippen molar-refractivity contribution in [1.82, 2.24) is 9.80 Å². The molecule has 1 aliphatic heterocycles. The second-order valence-electron chi connectivity index (χ2n) is 7.74. The van der Waals surface area contributed by atoms with Gasteiger partial charge in [-0.1, -0.05) is 50.2 Å². The van der Waals surface area contributed by atoms with Crippen molar-refractivity contribution < 1.29 is 14.0 Å². The van der Waals surface area contributed by atoms with Crippen LogP contribution in [-0.4, -0.2) is 34.7 Å². The van der Waals surface area contributed by atoms with Crippen LogP contribution in [0.1, 0.15) is 35.5 Å². The molecular formula is C23H24N2O3. The summed E-state index contributed by atoms with van der Waals surface area (Å²) in [6, 6.07) is 17.3. The van der Waals surface area contributed by atoms with Crippen molar-refractivity contribution in [2.45, 2.75) is 26.9 Å². The fourth-order valence-electron chi connectivity index (χ4n) is 3.70. The predicted molar refractivity (Wildman–Crippen MR) is 108 cm³/mol. The smallest absolute Gasteiger partial charge is 0.254 e. The summed E-state index contributed by atoms with van der Waals surface area (Å²) in [6.07, 6.45) is 0. The highest BCUT2D eigenvalue weighted by Crippen LogP contribution is 2.23. The van der Waals surface area contributed by atoms with E-state index in [1.54, 1.807) is 9.80 Å². The lowest BCUT2D eigenvalue weighted by molar-refractivity contribution is -0.133. The number of hydrogen-bond donors (Lipinski definition) is 0. The molecular weight excluding hydrogens is 352 g/mol. The van der Waals surface area contributed by atoms with Crippen molar-refractivity contribution in [3.63, 3.8) is 0 Å². The van der Waals surface area contributed by atoms with E-state index in [0.29, 0.717) is 31.1 Å². The highest BCUT2D eigenvalue weighted by Gasteiger charge is 2.30. The molecule has 144 valence electrons. The van der Waals surface area contributed by atoms with Crippen LogP contribution < -0.4 is 0 Å². The third-order valence-electron chi connectivity index (χ3n) is 4.98. The zero-order valence-electron chi connectivity index (χ0n) is 16.2. The zero-order chi connectivity index (χ0) is 19.7. The number of rotatable bonds is 6. The molecule has 0 unspecified atom stereocenters. The molecule has 2 aromatic carbocycles. The molecule has 0 saturated heterocycles. The summed E-state index contributed by atoms with van der Waals surface area (Å²) in [5.74, 6) is 0.943. The van der Waals surface area contributed by atoms with Gasteiger partial charge in [-0.3, -0.25) is 9.59 Å². The van der Waals surface area contributed by atoms with Crippen LogP contribution in [0, 0.1) is 5.92 Å². The molecule has 0 spiro atoms. The van der Waals surface area contributed by atoms with Crippen LogP contribution in [0.3, 0.4) is 0 Å². The molecule has 0 fully saturated rings. The maximum absolute atomic E-state index is 13.0. The van der Waals surface area contributed by atoms with Gasteiger partial charge in [-0.05, 0) is 29.7 Å². The molecule has 1 aliphatic rings. The van der Waals surface area contributed by atoms with Crippen LogP contribution in [0.15, 0.2) is 59.0 Å². The number of hydrogen-bond acceptors (Lipinski definition) is 3. The number of fused-ring (bicyclic) bond motifs is 2. The molecule has 4 rings (SSSR count). The number of carbonyl (C=O) groups excluding carboxylic acids is 2. The van der Waals surface area contributed by atoms with Crippen molar-refractivity contribution in [3.8, 4) is 0 Å². The van der Waals surface area contributed by atoms with E-state index in [9.17, 15) is 9.59 Å². The first-order chi connectivity index (χ1) is 13.5. The van der Waals surface area contributed by atoms with E-state index in [2.05, 4.69) is 13.8 Å². The van der Waals surface area contributed by atoms with E-state index in [-0.39, 0.29) is 18.4 Å². The topological polar surface area (TPSA) is 53.8 Å². The maximum atomic E-state index is 13.0. The van der Waals surface area contributed by atoms with Gasteiger partial charge in [-0.15, -0.1) is 0 Å². The molecule has 5 nitrogen and oxygen atoms in total. The number of nitrogens with zero attached hydrogens (tertiary/aromatic N) is 2. The van der Waals surface area contributed by atoms with Crippen LogP contribution >= 0.6 is 0 Å². The minimum absolute atomic E-state index is 0.0599. The Labute approximate surface area is 164 Å². The Balaban J connectivity index is 1.49. The summed E-state index contributed by atoms with van der Waals surface area (Å²) in [5, 5.41) is 1.03. The lowest BCUT2D eigenvalue weighted by atomic mass is 10.1. The molecule has 0 atom stereocenters. The fraction of sp³-hybridized carbons (Fsp3) is 0.304. The van der Waals surface area contributed by atoms with Gasteiger partial charge in [0.1, 0.15) is 17.9 Å². The SMILES string of the molecule is CC(C)CN(Cc1cc2ccccc2o1)C(=O)CN1Cc2ccccc2C1=O. The molecule has 2 heterocycles. The van der Waals surface area contributed by atoms with Crippen LogP contribution in [0.2, 0.25) is 0 Å². The molecule has 0 radical (unpaired) electrons. The predicted octanol–water partition coefficient (Wildman–Crippen LogP) is 4.07. The number of para-hydroxylation sites is 1. The standard InChI is InChI=1S/C23H24N2O3/c1-16(2)12-24(14-19-11-17-7-4-6-10-21(17)28-19)22(26)15-25-13-18-8-3-5-9-20(18)23(25)27/h3-11,16H,12-15H2,1-2H3. The van der Waals surface area contributed by atoms with E-state index in [4.69, 9.17) is 4.42 Å². The van der Waals surface area contributed by atoms with Gasteiger partial charge >= 0.3 is 0 Å². The van der Waals surface area contributed by atoms with Crippen molar-refractivity contribution >= 4 is 22.8 Å². The second kappa shape index (κ2) is 7.50. The van der Waals surface area contributed by atoms with E-state index in [1.165, 1.54) is 0 Å². The molecule has 0 bridgehead atoms.